The lowest BCUT2D eigenvalue weighted by atomic mass is 9.83. The molecule has 0 saturated heterocycles. The molecule has 0 unspecified atom stereocenters. The van der Waals surface area contributed by atoms with E-state index in [0.29, 0.717) is 40.3 Å². The number of carboxylic acids is 1. The number of ketones is 2. The van der Waals surface area contributed by atoms with Crippen LogP contribution >= 0.6 is 0 Å². The predicted octanol–water partition coefficient (Wildman–Crippen LogP) is 8.36. The van der Waals surface area contributed by atoms with Crippen LogP contribution in [0.3, 0.4) is 0 Å². The molecular formula is C44H45N7O6. The third kappa shape index (κ3) is 9.68. The van der Waals surface area contributed by atoms with Gasteiger partial charge in [-0.1, -0.05) is 48.5 Å². The number of nitrogens with zero attached hydrogens (tertiary/aromatic N) is 5. The summed E-state index contributed by atoms with van der Waals surface area (Å²) in [6.45, 7) is 12.3. The quantitative estimate of drug-likeness (QED) is 0.0909. The van der Waals surface area contributed by atoms with Gasteiger partial charge in [-0.25, -0.2) is 4.79 Å². The van der Waals surface area contributed by atoms with E-state index >= 15 is 0 Å². The SMILES string of the molecule is CC(=O)c1ccc(N=NC(C(=O)O)=C2NC(C)(C)Cc3ccccc32)cc1.CC(=O)c1ccc(N=NC(C(N)=O)=C2c3ccccc3CC(C)(C)N2C(C)=O)cc1. The largest absolute Gasteiger partial charge is 0.476 e. The molecule has 0 aromatic heterocycles. The van der Waals surface area contributed by atoms with Crippen LogP contribution in [0, 0.1) is 0 Å². The molecular weight excluding hydrogens is 723 g/mol. The minimum atomic E-state index is -1.16. The number of Topliss-reactive ketones (excluding diaryl/α,β-unsaturated/α-hetero) is 2. The highest BCUT2D eigenvalue weighted by Gasteiger charge is 2.40. The van der Waals surface area contributed by atoms with E-state index in [2.05, 4.69) is 25.8 Å². The van der Waals surface area contributed by atoms with E-state index in [1.165, 1.54) is 20.8 Å². The Balaban J connectivity index is 0.000000219. The van der Waals surface area contributed by atoms with Crippen LogP contribution in [-0.2, 0) is 27.2 Å². The Morgan fingerprint density at radius 3 is 1.56 bits per heavy atom. The summed E-state index contributed by atoms with van der Waals surface area (Å²) in [4.78, 5) is 61.2. The van der Waals surface area contributed by atoms with Gasteiger partial charge >= 0.3 is 5.97 Å². The van der Waals surface area contributed by atoms with E-state index in [4.69, 9.17) is 5.73 Å². The molecule has 2 amide bonds. The standard InChI is InChI=1S/C23H24N4O3.C21H21N3O3/c1-14(28)16-9-11-18(12-10-16)25-26-20(22(24)30)21-19-8-6-5-7-17(19)13-23(3,4)27(21)15(2)29;1-13(25)14-8-10-16(11-9-14)23-24-19(20(26)27)18-17-7-5-4-6-15(17)12-21(2,3)22-18/h5-12H,13H2,1-4H3,(H2,24,30);4-11,22H,12H2,1-3H3,(H,26,27). The monoisotopic (exact) mass is 767 g/mol. The molecule has 0 atom stereocenters. The van der Waals surface area contributed by atoms with E-state index < -0.39 is 17.4 Å². The molecule has 2 heterocycles. The van der Waals surface area contributed by atoms with Gasteiger partial charge in [0, 0.05) is 40.3 Å². The van der Waals surface area contributed by atoms with Crippen LogP contribution in [0.1, 0.15) is 91.4 Å². The van der Waals surface area contributed by atoms with Crippen molar-refractivity contribution in [3.8, 4) is 0 Å². The number of nitrogens with two attached hydrogens (primary N) is 1. The second-order valence-electron chi connectivity index (χ2n) is 15.0. The second-order valence-corrected chi connectivity index (χ2v) is 15.0. The molecule has 2 aliphatic heterocycles. The molecule has 57 heavy (non-hydrogen) atoms. The van der Waals surface area contributed by atoms with E-state index in [9.17, 15) is 29.1 Å². The number of hydrogen-bond acceptors (Lipinski definition) is 10. The van der Waals surface area contributed by atoms with Gasteiger partial charge in [-0.05, 0) is 114 Å². The zero-order valence-corrected chi connectivity index (χ0v) is 33.0. The Kier molecular flexibility index (Phi) is 12.2. The number of hydrogen-bond donors (Lipinski definition) is 3. The van der Waals surface area contributed by atoms with Crippen LogP contribution in [0.15, 0.2) is 129 Å². The van der Waals surface area contributed by atoms with Gasteiger partial charge < -0.3 is 21.1 Å². The molecule has 4 N–H and O–H groups in total. The van der Waals surface area contributed by atoms with Crippen LogP contribution in [0.5, 0.6) is 0 Å². The topological polar surface area (TPSA) is 196 Å². The summed E-state index contributed by atoms with van der Waals surface area (Å²) in [7, 11) is 0. The Morgan fingerprint density at radius 2 is 1.11 bits per heavy atom. The van der Waals surface area contributed by atoms with Gasteiger partial charge in [-0.15, -0.1) is 10.2 Å². The summed E-state index contributed by atoms with van der Waals surface area (Å²) in [6, 6.07) is 28.3. The highest BCUT2D eigenvalue weighted by molar-refractivity contribution is 6.03. The van der Waals surface area contributed by atoms with Gasteiger partial charge in [-0.3, -0.25) is 19.2 Å². The number of fused-ring (bicyclic) bond motifs is 2. The molecule has 13 heteroatoms. The maximum atomic E-state index is 12.6. The number of carbonyl (C=O) groups excluding carboxylic acids is 4. The van der Waals surface area contributed by atoms with Crippen LogP contribution < -0.4 is 11.1 Å². The zero-order chi connectivity index (χ0) is 41.7. The van der Waals surface area contributed by atoms with Crippen molar-refractivity contribution in [2.24, 2.45) is 26.2 Å². The van der Waals surface area contributed by atoms with E-state index in [1.54, 1.807) is 53.4 Å². The maximum absolute atomic E-state index is 12.6. The summed E-state index contributed by atoms with van der Waals surface area (Å²) in [5.41, 5.74) is 11.0. The maximum Gasteiger partial charge on any atom is 0.358 e. The van der Waals surface area contributed by atoms with Crippen LogP contribution in [0.25, 0.3) is 11.4 Å². The lowest BCUT2D eigenvalue weighted by Gasteiger charge is -2.44. The van der Waals surface area contributed by atoms with Gasteiger partial charge in [0.2, 0.25) is 5.91 Å². The first-order chi connectivity index (χ1) is 26.9. The number of primary amides is 1. The van der Waals surface area contributed by atoms with Crippen molar-refractivity contribution >= 4 is 52.1 Å². The smallest absolute Gasteiger partial charge is 0.358 e. The molecule has 0 radical (unpaired) electrons. The number of rotatable bonds is 8. The average molecular weight is 768 g/mol. The molecule has 292 valence electrons. The molecule has 4 aromatic carbocycles. The first-order valence-electron chi connectivity index (χ1n) is 18.2. The fraction of sp³-hybridized carbons (Fsp3) is 0.250. The molecule has 6 rings (SSSR count). The van der Waals surface area contributed by atoms with Gasteiger partial charge in [0.15, 0.2) is 23.0 Å². The minimum absolute atomic E-state index is 0.0444. The van der Waals surface area contributed by atoms with Gasteiger partial charge in [0.1, 0.15) is 0 Å². The van der Waals surface area contributed by atoms with Crippen molar-refractivity contribution in [1.29, 1.82) is 0 Å². The van der Waals surface area contributed by atoms with Crippen molar-refractivity contribution in [2.45, 2.75) is 72.4 Å². The summed E-state index contributed by atoms with van der Waals surface area (Å²) in [5.74, 6) is -2.26. The Labute approximate surface area is 331 Å². The lowest BCUT2D eigenvalue weighted by Crippen LogP contribution is -2.50. The first kappa shape index (κ1) is 41.3. The minimum Gasteiger partial charge on any atom is -0.476 e. The highest BCUT2D eigenvalue weighted by atomic mass is 16.4. The van der Waals surface area contributed by atoms with E-state index in [-0.39, 0.29) is 34.4 Å². The van der Waals surface area contributed by atoms with Crippen LogP contribution in [-0.4, -0.2) is 50.4 Å². The van der Waals surface area contributed by atoms with Crippen molar-refractivity contribution < 1.29 is 29.1 Å². The molecule has 0 saturated carbocycles. The number of amides is 2. The lowest BCUT2D eigenvalue weighted by molar-refractivity contribution is -0.133. The van der Waals surface area contributed by atoms with Gasteiger partial charge in [0.05, 0.1) is 22.8 Å². The number of azo groups is 2. The fourth-order valence-corrected chi connectivity index (χ4v) is 6.88. The predicted molar refractivity (Wildman–Crippen MR) is 217 cm³/mol. The summed E-state index contributed by atoms with van der Waals surface area (Å²) in [6.07, 6.45) is 1.41. The summed E-state index contributed by atoms with van der Waals surface area (Å²) < 4.78 is 0. The third-order valence-electron chi connectivity index (χ3n) is 9.40. The Bertz CT molecular complexity index is 2370. The number of carbonyl (C=O) groups is 5. The fourth-order valence-electron chi connectivity index (χ4n) is 6.88. The third-order valence-corrected chi connectivity index (χ3v) is 9.40. The number of aliphatic carboxylic acids is 1. The summed E-state index contributed by atoms with van der Waals surface area (Å²) in [5, 5.41) is 29.4. The zero-order valence-electron chi connectivity index (χ0n) is 33.0. The Hall–Kier alpha value is -6.89. The average Bonchev–Trinajstić information content (AvgIpc) is 3.14. The highest BCUT2D eigenvalue weighted by Crippen LogP contribution is 2.40. The normalized spacial score (nSPS) is 17.0. The van der Waals surface area contributed by atoms with Gasteiger partial charge in [-0.2, -0.15) is 10.2 Å². The van der Waals surface area contributed by atoms with Crippen molar-refractivity contribution in [2.75, 3.05) is 0 Å². The van der Waals surface area contributed by atoms with Gasteiger partial charge in [0.25, 0.3) is 5.91 Å². The van der Waals surface area contributed by atoms with Crippen molar-refractivity contribution in [1.82, 2.24) is 10.2 Å². The first-order valence-corrected chi connectivity index (χ1v) is 18.2. The number of carboxylic acid groups (broad SMARTS) is 1. The molecule has 0 fully saturated rings. The number of benzene rings is 4. The molecule has 13 nitrogen and oxygen atoms in total. The van der Waals surface area contributed by atoms with E-state index in [1.807, 2.05) is 76.2 Å². The molecule has 4 aromatic rings. The number of nitrogens with one attached hydrogen (secondary N) is 1. The molecule has 0 bridgehead atoms. The molecule has 0 aliphatic carbocycles. The van der Waals surface area contributed by atoms with Crippen LogP contribution in [0.4, 0.5) is 11.4 Å². The van der Waals surface area contributed by atoms with Crippen molar-refractivity contribution in [3.63, 3.8) is 0 Å². The van der Waals surface area contributed by atoms with E-state index in [0.717, 1.165) is 28.7 Å². The summed E-state index contributed by atoms with van der Waals surface area (Å²) >= 11 is 0. The Morgan fingerprint density at radius 1 is 0.649 bits per heavy atom. The second kappa shape index (κ2) is 16.9. The van der Waals surface area contributed by atoms with Crippen molar-refractivity contribution in [3.05, 3.63) is 142 Å². The van der Waals surface area contributed by atoms with Crippen LogP contribution in [0.2, 0.25) is 0 Å². The molecule has 2 aliphatic rings. The molecule has 0 spiro atoms.